The van der Waals surface area contributed by atoms with E-state index in [0.717, 1.165) is 24.5 Å². The number of nitrogens with one attached hydrogen (secondary N) is 1. The summed E-state index contributed by atoms with van der Waals surface area (Å²) >= 11 is 5.37. The summed E-state index contributed by atoms with van der Waals surface area (Å²) in [6, 6.07) is 2.57. The van der Waals surface area contributed by atoms with Gasteiger partial charge in [-0.05, 0) is 18.2 Å². The fourth-order valence-electron chi connectivity index (χ4n) is 1.84. The first kappa shape index (κ1) is 17.4. The molecule has 0 saturated carbocycles. The van der Waals surface area contributed by atoms with Crippen molar-refractivity contribution in [1.29, 1.82) is 5.41 Å². The lowest BCUT2D eigenvalue weighted by atomic mass is 10.2. The molecule has 0 saturated heterocycles. The molecule has 0 spiro atoms. The van der Waals surface area contributed by atoms with Gasteiger partial charge in [-0.3, -0.25) is 5.41 Å². The first-order valence-corrected chi connectivity index (χ1v) is 8.09. The lowest BCUT2D eigenvalue weighted by Crippen LogP contribution is -2.14. The summed E-state index contributed by atoms with van der Waals surface area (Å²) in [7, 11) is -3.72. The number of hydrogen-bond acceptors (Lipinski definition) is 4. The van der Waals surface area contributed by atoms with Crippen LogP contribution in [0.4, 0.5) is 17.6 Å². The normalized spacial score (nSPS) is 12.4. The minimum Gasteiger partial charge on any atom is -0.287 e. The molecule has 0 fully saturated rings. The summed E-state index contributed by atoms with van der Waals surface area (Å²) in [5.41, 5.74) is -2.78. The minimum absolute atomic E-state index is 0.315. The van der Waals surface area contributed by atoms with Crippen molar-refractivity contribution in [2.45, 2.75) is 11.1 Å². The molecule has 5 nitrogen and oxygen atoms in total. The molecule has 1 N–H and O–H groups in total. The van der Waals surface area contributed by atoms with E-state index in [2.05, 4.69) is 5.10 Å². The predicted molar refractivity (Wildman–Crippen MR) is 74.3 cm³/mol. The second-order valence-corrected chi connectivity index (χ2v) is 6.91. The maximum absolute atomic E-state index is 13.9. The van der Waals surface area contributed by atoms with Crippen molar-refractivity contribution in [2.24, 2.45) is 0 Å². The van der Waals surface area contributed by atoms with Gasteiger partial charge in [-0.15, -0.1) is 0 Å². The molecule has 1 aromatic carbocycles. The topological polar surface area (TPSA) is 75.8 Å². The molecule has 0 amide bonds. The van der Waals surface area contributed by atoms with E-state index in [1.54, 1.807) is 0 Å². The molecule has 0 unspecified atom stereocenters. The van der Waals surface area contributed by atoms with Gasteiger partial charge < -0.3 is 0 Å². The molecular weight excluding hydrogens is 362 g/mol. The van der Waals surface area contributed by atoms with Crippen LogP contribution in [0.25, 0.3) is 5.69 Å². The Labute approximate surface area is 132 Å². The summed E-state index contributed by atoms with van der Waals surface area (Å²) in [5.74, 6) is -1.02. The smallest absolute Gasteiger partial charge is 0.287 e. The maximum atomic E-state index is 13.9. The molecule has 0 atom stereocenters. The van der Waals surface area contributed by atoms with E-state index < -0.39 is 43.9 Å². The molecule has 1 aromatic heterocycles. The molecular formula is C12H8ClF4N3O2S. The fraction of sp³-hybridized carbons (Fsp3) is 0.167. The average Bonchev–Trinajstić information content (AvgIpc) is 2.82. The van der Waals surface area contributed by atoms with Crippen molar-refractivity contribution >= 4 is 26.6 Å². The molecule has 0 aliphatic carbocycles. The van der Waals surface area contributed by atoms with Gasteiger partial charge in [-0.1, -0.05) is 11.6 Å². The number of rotatable bonds is 3. The third-order valence-electron chi connectivity index (χ3n) is 2.86. The molecule has 0 radical (unpaired) electrons. The molecule has 0 bridgehead atoms. The molecule has 2 rings (SSSR count). The number of sulfone groups is 1. The number of aromatic nitrogens is 2. The van der Waals surface area contributed by atoms with E-state index in [0.29, 0.717) is 10.9 Å². The standard InChI is InChI=1S/C12H8ClF4N3O2S/c1-23(21,22)6-2-3-8(14)9(4-6)20-10(11(13)18)7(5-19-20)12(15,16)17/h2-5,18H,1H3. The predicted octanol–water partition coefficient (Wildman–Crippen LogP) is 3.00. The summed E-state index contributed by atoms with van der Waals surface area (Å²) in [6.45, 7) is 0. The molecule has 23 heavy (non-hydrogen) atoms. The van der Waals surface area contributed by atoms with E-state index in [1.165, 1.54) is 0 Å². The highest BCUT2D eigenvalue weighted by molar-refractivity contribution is 7.90. The highest BCUT2D eigenvalue weighted by Crippen LogP contribution is 2.34. The van der Waals surface area contributed by atoms with Crippen molar-refractivity contribution in [3.63, 3.8) is 0 Å². The summed E-state index contributed by atoms with van der Waals surface area (Å²) in [5, 5.41) is 9.65. The van der Waals surface area contributed by atoms with E-state index in [4.69, 9.17) is 17.0 Å². The highest BCUT2D eigenvalue weighted by Gasteiger charge is 2.38. The van der Waals surface area contributed by atoms with Gasteiger partial charge in [0.1, 0.15) is 27.9 Å². The zero-order valence-corrected chi connectivity index (χ0v) is 12.9. The zero-order valence-electron chi connectivity index (χ0n) is 11.3. The van der Waals surface area contributed by atoms with Crippen LogP contribution in [0.15, 0.2) is 29.3 Å². The van der Waals surface area contributed by atoms with Gasteiger partial charge in [0.25, 0.3) is 0 Å². The van der Waals surface area contributed by atoms with Crippen molar-refractivity contribution in [1.82, 2.24) is 9.78 Å². The van der Waals surface area contributed by atoms with Gasteiger partial charge in [0.05, 0.1) is 11.1 Å². The Morgan fingerprint density at radius 2 is 1.96 bits per heavy atom. The highest BCUT2D eigenvalue weighted by atomic mass is 35.5. The van der Waals surface area contributed by atoms with Crippen molar-refractivity contribution in [3.05, 3.63) is 41.5 Å². The van der Waals surface area contributed by atoms with Gasteiger partial charge in [0.2, 0.25) is 0 Å². The van der Waals surface area contributed by atoms with Gasteiger partial charge in [-0.2, -0.15) is 18.3 Å². The molecule has 0 aliphatic heterocycles. The van der Waals surface area contributed by atoms with Gasteiger partial charge in [0.15, 0.2) is 9.84 Å². The monoisotopic (exact) mass is 369 g/mol. The van der Waals surface area contributed by atoms with Crippen molar-refractivity contribution in [3.8, 4) is 5.69 Å². The summed E-state index contributed by atoms with van der Waals surface area (Å²) < 4.78 is 76.1. The second-order valence-electron chi connectivity index (χ2n) is 4.52. The van der Waals surface area contributed by atoms with Crippen molar-refractivity contribution in [2.75, 3.05) is 6.26 Å². The largest absolute Gasteiger partial charge is 0.420 e. The SMILES string of the molecule is CS(=O)(=O)c1ccc(F)c(-n2ncc(C(F)(F)F)c2C(=N)Cl)c1. The van der Waals surface area contributed by atoms with Crippen LogP contribution in [0, 0.1) is 11.2 Å². The summed E-state index contributed by atoms with van der Waals surface area (Å²) in [4.78, 5) is -0.315. The van der Waals surface area contributed by atoms with E-state index in [9.17, 15) is 26.0 Å². The Balaban J connectivity index is 2.78. The van der Waals surface area contributed by atoms with Crippen LogP contribution >= 0.6 is 11.6 Å². The van der Waals surface area contributed by atoms with Crippen molar-refractivity contribution < 1.29 is 26.0 Å². The summed E-state index contributed by atoms with van der Waals surface area (Å²) in [6.07, 6.45) is -3.61. The van der Waals surface area contributed by atoms with Crippen LogP contribution in [0.1, 0.15) is 11.3 Å². The number of halogens is 5. The van der Waals surface area contributed by atoms with Gasteiger partial charge >= 0.3 is 6.18 Å². The number of hydrogen-bond donors (Lipinski definition) is 1. The minimum atomic E-state index is -4.86. The zero-order chi connectivity index (χ0) is 17.6. The van der Waals surface area contributed by atoms with Crippen LogP contribution in [0.3, 0.4) is 0 Å². The molecule has 124 valence electrons. The third kappa shape index (κ3) is 3.37. The Bertz CT molecular complexity index is 890. The van der Waals surface area contributed by atoms with E-state index >= 15 is 0 Å². The second kappa shape index (κ2) is 5.60. The number of alkyl halides is 3. The average molecular weight is 370 g/mol. The Kier molecular flexibility index (Phi) is 4.24. The molecule has 0 aliphatic rings. The third-order valence-corrected chi connectivity index (χ3v) is 4.15. The Morgan fingerprint density at radius 1 is 1.35 bits per heavy atom. The molecule has 1 heterocycles. The fourth-order valence-corrected chi connectivity index (χ4v) is 2.66. The number of nitrogens with zero attached hydrogens (tertiary/aromatic N) is 2. The Hall–Kier alpha value is -1.94. The van der Waals surface area contributed by atoms with Crippen LogP contribution in [0.2, 0.25) is 0 Å². The number of benzene rings is 1. The quantitative estimate of drug-likeness (QED) is 0.513. The lowest BCUT2D eigenvalue weighted by Gasteiger charge is -2.11. The lowest BCUT2D eigenvalue weighted by molar-refractivity contribution is -0.137. The van der Waals surface area contributed by atoms with Gasteiger partial charge in [-0.25, -0.2) is 17.5 Å². The first-order valence-electron chi connectivity index (χ1n) is 5.82. The van der Waals surface area contributed by atoms with Gasteiger partial charge in [0, 0.05) is 6.26 Å². The van der Waals surface area contributed by atoms with Crippen LogP contribution in [0.5, 0.6) is 0 Å². The van der Waals surface area contributed by atoms with E-state index in [-0.39, 0.29) is 4.90 Å². The van der Waals surface area contributed by atoms with E-state index in [1.807, 2.05) is 0 Å². The molecule has 2 aromatic rings. The Morgan fingerprint density at radius 3 is 2.43 bits per heavy atom. The van der Waals surface area contributed by atoms with Crippen LogP contribution < -0.4 is 0 Å². The first-order chi connectivity index (χ1) is 10.4. The maximum Gasteiger partial charge on any atom is 0.420 e. The van der Waals surface area contributed by atoms with Crippen LogP contribution in [-0.2, 0) is 16.0 Å². The molecule has 11 heteroatoms. The van der Waals surface area contributed by atoms with Crippen LogP contribution in [-0.4, -0.2) is 29.6 Å².